The van der Waals surface area contributed by atoms with Crippen LogP contribution in [-0.2, 0) is 14.4 Å². The van der Waals surface area contributed by atoms with E-state index in [2.05, 4.69) is 10.6 Å². The minimum atomic E-state index is -1.28. The Bertz CT molecular complexity index is 738. The molecule has 1 saturated heterocycles. The molecule has 1 heterocycles. The first kappa shape index (κ1) is 20.2. The molecule has 7 N–H and O–H groups in total. The second-order valence-corrected chi connectivity index (χ2v) is 6.21. The van der Waals surface area contributed by atoms with Gasteiger partial charge in [0.15, 0.2) is 0 Å². The largest absolute Gasteiger partial charge is 0.489 e. The van der Waals surface area contributed by atoms with Gasteiger partial charge in [0.05, 0.1) is 6.04 Å². The molecule has 1 fully saturated rings. The van der Waals surface area contributed by atoms with Crippen molar-refractivity contribution < 1.29 is 29.3 Å². The maximum atomic E-state index is 12.3. The highest BCUT2D eigenvalue weighted by molar-refractivity contribution is 5.95. The van der Waals surface area contributed by atoms with Crippen molar-refractivity contribution in [1.29, 1.82) is 5.41 Å². The average molecular weight is 378 g/mol. The first-order valence-electron chi connectivity index (χ1n) is 8.35. The second kappa shape index (κ2) is 8.99. The van der Waals surface area contributed by atoms with Crippen LogP contribution < -0.4 is 21.1 Å². The maximum Gasteiger partial charge on any atom is 0.326 e. The number of nitrogens with two attached hydrogens (primary N) is 1. The number of aliphatic carboxylic acids is 2. The molecule has 0 spiro atoms. The Morgan fingerprint density at radius 2 is 2.11 bits per heavy atom. The number of carbonyl (C=O) groups is 3. The third-order valence-corrected chi connectivity index (χ3v) is 4.12. The molecule has 1 aliphatic heterocycles. The molecular formula is C17H22N4O6. The second-order valence-electron chi connectivity index (χ2n) is 6.21. The third-order valence-electron chi connectivity index (χ3n) is 4.12. The molecule has 2 rings (SSSR count). The van der Waals surface area contributed by atoms with Gasteiger partial charge < -0.3 is 31.3 Å². The highest BCUT2D eigenvalue weighted by Crippen LogP contribution is 2.19. The molecule has 1 aromatic carbocycles. The molecule has 0 radical (unpaired) electrons. The SMILES string of the molecule is N=C(N)c1cccc(OC2CNC(C(=O)NC(CCC(=O)O)C(=O)O)C2)c1. The van der Waals surface area contributed by atoms with Gasteiger partial charge in [0, 0.05) is 24.9 Å². The lowest BCUT2D eigenvalue weighted by atomic mass is 10.1. The molecule has 27 heavy (non-hydrogen) atoms. The number of benzene rings is 1. The summed E-state index contributed by atoms with van der Waals surface area (Å²) in [6, 6.07) is 4.83. The first-order valence-corrected chi connectivity index (χ1v) is 8.35. The zero-order valence-corrected chi connectivity index (χ0v) is 14.5. The highest BCUT2D eigenvalue weighted by Gasteiger charge is 2.33. The minimum Gasteiger partial charge on any atom is -0.489 e. The number of carbonyl (C=O) groups excluding carboxylic acids is 1. The highest BCUT2D eigenvalue weighted by atomic mass is 16.5. The van der Waals surface area contributed by atoms with Crippen LogP contribution in [-0.4, -0.2) is 58.6 Å². The van der Waals surface area contributed by atoms with Gasteiger partial charge in [-0.3, -0.25) is 15.0 Å². The van der Waals surface area contributed by atoms with Crippen molar-refractivity contribution in [2.24, 2.45) is 5.73 Å². The van der Waals surface area contributed by atoms with Gasteiger partial charge in [-0.25, -0.2) is 4.79 Å². The number of hydrogen-bond acceptors (Lipinski definition) is 6. The van der Waals surface area contributed by atoms with Crippen LogP contribution in [0, 0.1) is 5.41 Å². The van der Waals surface area contributed by atoms with Crippen molar-refractivity contribution in [2.75, 3.05) is 6.54 Å². The Kier molecular flexibility index (Phi) is 6.72. The predicted molar refractivity (Wildman–Crippen MR) is 94.7 cm³/mol. The number of amidine groups is 1. The fourth-order valence-electron chi connectivity index (χ4n) is 2.72. The molecule has 3 unspecified atom stereocenters. The summed E-state index contributed by atoms with van der Waals surface area (Å²) in [5.74, 6) is -2.49. The molecule has 3 atom stereocenters. The van der Waals surface area contributed by atoms with E-state index in [0.717, 1.165) is 0 Å². The smallest absolute Gasteiger partial charge is 0.326 e. The molecule has 0 aliphatic carbocycles. The van der Waals surface area contributed by atoms with E-state index in [9.17, 15) is 14.4 Å². The minimum absolute atomic E-state index is 0.0803. The maximum absolute atomic E-state index is 12.3. The van der Waals surface area contributed by atoms with Gasteiger partial charge in [0.1, 0.15) is 23.7 Å². The van der Waals surface area contributed by atoms with Gasteiger partial charge in [-0.15, -0.1) is 0 Å². The first-order chi connectivity index (χ1) is 12.8. The zero-order chi connectivity index (χ0) is 20.0. The normalized spacial score (nSPS) is 19.9. The molecule has 0 aromatic heterocycles. The van der Waals surface area contributed by atoms with E-state index in [1.807, 2.05) is 0 Å². The van der Waals surface area contributed by atoms with E-state index in [-0.39, 0.29) is 24.8 Å². The number of amides is 1. The monoisotopic (exact) mass is 378 g/mol. The number of carboxylic acids is 2. The molecule has 1 aliphatic rings. The summed E-state index contributed by atoms with van der Waals surface area (Å²) in [6.07, 6.45) is -0.541. The lowest BCUT2D eigenvalue weighted by Crippen LogP contribution is -2.48. The molecule has 0 bridgehead atoms. The third kappa shape index (κ3) is 5.96. The topological polar surface area (TPSA) is 175 Å². The molecule has 10 heteroatoms. The fraction of sp³-hybridized carbons (Fsp3) is 0.412. The summed E-state index contributed by atoms with van der Waals surface area (Å²) in [6.45, 7) is 0.384. The number of nitrogens with one attached hydrogen (secondary N) is 3. The molecule has 1 amide bonds. The van der Waals surface area contributed by atoms with Gasteiger partial charge in [0.2, 0.25) is 5.91 Å². The van der Waals surface area contributed by atoms with Crippen LogP contribution in [0.4, 0.5) is 0 Å². The van der Waals surface area contributed by atoms with Crippen LogP contribution in [0.5, 0.6) is 5.75 Å². The van der Waals surface area contributed by atoms with Crippen LogP contribution in [0.3, 0.4) is 0 Å². The van der Waals surface area contributed by atoms with Gasteiger partial charge >= 0.3 is 11.9 Å². The summed E-state index contributed by atoms with van der Waals surface area (Å²) in [7, 11) is 0. The summed E-state index contributed by atoms with van der Waals surface area (Å²) in [4.78, 5) is 34.0. The van der Waals surface area contributed by atoms with Gasteiger partial charge in [-0.1, -0.05) is 12.1 Å². The fourth-order valence-corrected chi connectivity index (χ4v) is 2.72. The molecular weight excluding hydrogens is 356 g/mol. The summed E-state index contributed by atoms with van der Waals surface area (Å²) in [5, 5.41) is 30.5. The summed E-state index contributed by atoms with van der Waals surface area (Å²) < 4.78 is 5.79. The van der Waals surface area contributed by atoms with Crippen molar-refractivity contribution >= 4 is 23.7 Å². The van der Waals surface area contributed by atoms with E-state index >= 15 is 0 Å². The molecule has 1 aromatic rings. The van der Waals surface area contributed by atoms with Gasteiger partial charge in [0.25, 0.3) is 0 Å². The summed E-state index contributed by atoms with van der Waals surface area (Å²) >= 11 is 0. The van der Waals surface area contributed by atoms with E-state index < -0.39 is 29.9 Å². The van der Waals surface area contributed by atoms with Gasteiger partial charge in [-0.05, 0) is 18.6 Å². The Morgan fingerprint density at radius 3 is 2.74 bits per heavy atom. The molecule has 10 nitrogen and oxygen atoms in total. The van der Waals surface area contributed by atoms with Crippen molar-refractivity contribution in [1.82, 2.24) is 10.6 Å². The number of ether oxygens (including phenoxy) is 1. The summed E-state index contributed by atoms with van der Waals surface area (Å²) in [5.41, 5.74) is 5.97. The molecule has 146 valence electrons. The molecule has 0 saturated carbocycles. The number of nitrogen functional groups attached to an aromatic ring is 1. The Morgan fingerprint density at radius 1 is 1.37 bits per heavy atom. The quantitative estimate of drug-likeness (QED) is 0.246. The van der Waals surface area contributed by atoms with Crippen molar-refractivity contribution in [3.63, 3.8) is 0 Å². The van der Waals surface area contributed by atoms with Crippen molar-refractivity contribution in [3.05, 3.63) is 29.8 Å². The van der Waals surface area contributed by atoms with Crippen LogP contribution in [0.1, 0.15) is 24.8 Å². The standard InChI is InChI=1S/C17H22N4O6/c18-15(19)9-2-1-3-10(6-9)27-11-7-13(20-8-11)16(24)21-12(17(25)26)4-5-14(22)23/h1-3,6,11-13,20H,4-5,7-8H2,(H3,18,19)(H,21,24)(H,22,23)(H,25,26). The van der Waals surface area contributed by atoms with Crippen LogP contribution in [0.25, 0.3) is 0 Å². The van der Waals surface area contributed by atoms with Gasteiger partial charge in [-0.2, -0.15) is 0 Å². The van der Waals surface area contributed by atoms with Crippen LogP contribution in [0.15, 0.2) is 24.3 Å². The van der Waals surface area contributed by atoms with Crippen molar-refractivity contribution in [3.8, 4) is 5.75 Å². The van der Waals surface area contributed by atoms with E-state index in [1.54, 1.807) is 24.3 Å². The van der Waals surface area contributed by atoms with E-state index in [0.29, 0.717) is 24.3 Å². The van der Waals surface area contributed by atoms with Crippen LogP contribution >= 0.6 is 0 Å². The van der Waals surface area contributed by atoms with E-state index in [4.69, 9.17) is 26.1 Å². The van der Waals surface area contributed by atoms with Crippen LogP contribution in [0.2, 0.25) is 0 Å². The Balaban J connectivity index is 1.89. The number of carboxylic acid groups (broad SMARTS) is 2. The Hall–Kier alpha value is -3.14. The van der Waals surface area contributed by atoms with Crippen molar-refractivity contribution in [2.45, 2.75) is 37.5 Å². The van der Waals surface area contributed by atoms with E-state index in [1.165, 1.54) is 0 Å². The number of hydrogen-bond donors (Lipinski definition) is 6. The Labute approximate surface area is 155 Å². The zero-order valence-electron chi connectivity index (χ0n) is 14.5. The number of rotatable bonds is 9. The predicted octanol–water partition coefficient (Wildman–Crippen LogP) is -0.486. The average Bonchev–Trinajstić information content (AvgIpc) is 3.06. The lowest BCUT2D eigenvalue weighted by Gasteiger charge is -2.17. The lowest BCUT2D eigenvalue weighted by molar-refractivity contribution is -0.143.